The molecule has 0 radical (unpaired) electrons. The molecule has 4 atom stereocenters. The van der Waals surface area contributed by atoms with Crippen molar-refractivity contribution in [2.45, 2.75) is 38.9 Å². The van der Waals surface area contributed by atoms with Gasteiger partial charge in [0, 0.05) is 45.0 Å². The fraction of sp³-hybridized carbons (Fsp3) is 0.714. The van der Waals surface area contributed by atoms with Gasteiger partial charge >= 0.3 is 0 Å². The van der Waals surface area contributed by atoms with Crippen LogP contribution in [0.3, 0.4) is 0 Å². The molecular weight excluding hydrogens is 541 g/mol. The summed E-state index contributed by atoms with van der Waals surface area (Å²) < 4.78 is 1.40. The molecule has 0 amide bonds. The minimum absolute atomic E-state index is 0.0996. The van der Waals surface area contributed by atoms with Gasteiger partial charge in [0.2, 0.25) is 10.2 Å². The summed E-state index contributed by atoms with van der Waals surface area (Å²) in [5.41, 5.74) is 0. The molecule has 2 fully saturated rings. The van der Waals surface area contributed by atoms with Crippen molar-refractivity contribution in [2.75, 3.05) is 46.0 Å². The van der Waals surface area contributed by atoms with Gasteiger partial charge in [-0.3, -0.25) is 9.59 Å². The predicted molar refractivity (Wildman–Crippen MR) is 159 cm³/mol. The Morgan fingerprint density at radius 2 is 1.19 bits per heavy atom. The van der Waals surface area contributed by atoms with Gasteiger partial charge in [-0.25, -0.2) is 0 Å². The lowest BCUT2D eigenvalue weighted by molar-refractivity contribution is -0.107. The first-order valence-corrected chi connectivity index (χ1v) is 18.6. The summed E-state index contributed by atoms with van der Waals surface area (Å²) in [4.78, 5) is 22.7. The topological polar surface area (TPSA) is 34.1 Å². The van der Waals surface area contributed by atoms with E-state index >= 15 is 0 Å². The van der Waals surface area contributed by atoms with Crippen molar-refractivity contribution in [3.63, 3.8) is 0 Å². The van der Waals surface area contributed by atoms with Crippen molar-refractivity contribution in [3.05, 3.63) is 25.3 Å². The van der Waals surface area contributed by atoms with Crippen LogP contribution in [0, 0.1) is 0 Å². The van der Waals surface area contributed by atoms with E-state index in [0.717, 1.165) is 11.5 Å². The zero-order valence-electron chi connectivity index (χ0n) is 17.7. The van der Waals surface area contributed by atoms with Crippen LogP contribution in [0.5, 0.6) is 0 Å². The lowest BCUT2D eigenvalue weighted by Crippen LogP contribution is -2.07. The predicted octanol–water partition coefficient (Wildman–Crippen LogP) is 6.86. The number of carbonyl (C=O) groups excluding carboxylic acids is 2. The van der Waals surface area contributed by atoms with E-state index in [4.69, 9.17) is 0 Å². The molecule has 0 bridgehead atoms. The van der Waals surface area contributed by atoms with Crippen molar-refractivity contribution < 1.29 is 9.59 Å². The van der Waals surface area contributed by atoms with E-state index in [1.54, 1.807) is 0 Å². The number of hydrogen-bond donors (Lipinski definition) is 0. The standard InChI is InChI=1S/C21H32O2S8/c1-3-18(22)26-10-16-12-28-20(30-16)14-24-8-6-5-7-9-25-15-21-29-13-17(31-21)11-27-19(23)4-2/h3-4,16-17,20-21H,1-2,5-15H2. The van der Waals surface area contributed by atoms with Crippen LogP contribution < -0.4 is 0 Å². The Morgan fingerprint density at radius 1 is 0.742 bits per heavy atom. The molecular formula is C21H32O2S8. The monoisotopic (exact) mass is 572 g/mol. The van der Waals surface area contributed by atoms with E-state index in [1.807, 2.05) is 0 Å². The zero-order chi connectivity index (χ0) is 22.3. The number of unbranched alkanes of at least 4 members (excludes halogenated alkanes) is 2. The van der Waals surface area contributed by atoms with E-state index in [9.17, 15) is 9.59 Å². The van der Waals surface area contributed by atoms with E-state index in [2.05, 4.69) is 83.7 Å². The molecule has 2 nitrogen and oxygen atoms in total. The largest absolute Gasteiger partial charge is 0.282 e. The fourth-order valence-electron chi connectivity index (χ4n) is 2.78. The molecule has 2 rings (SSSR count). The van der Waals surface area contributed by atoms with E-state index in [1.165, 1.54) is 89.5 Å². The van der Waals surface area contributed by atoms with Gasteiger partial charge in [-0.05, 0) is 36.5 Å². The van der Waals surface area contributed by atoms with Gasteiger partial charge in [-0.2, -0.15) is 23.5 Å². The van der Waals surface area contributed by atoms with E-state index in [0.29, 0.717) is 19.7 Å². The quantitative estimate of drug-likeness (QED) is 0.144. The van der Waals surface area contributed by atoms with Crippen LogP contribution in [-0.2, 0) is 9.59 Å². The van der Waals surface area contributed by atoms with Crippen molar-refractivity contribution >= 4 is 104 Å². The van der Waals surface area contributed by atoms with Crippen LogP contribution >= 0.6 is 94.1 Å². The number of rotatable bonds is 16. The van der Waals surface area contributed by atoms with Gasteiger partial charge in [0.1, 0.15) is 0 Å². The molecule has 0 aromatic carbocycles. The van der Waals surface area contributed by atoms with Gasteiger partial charge in [0.05, 0.1) is 9.16 Å². The second-order valence-electron chi connectivity index (χ2n) is 6.92. The summed E-state index contributed by atoms with van der Waals surface area (Å²) in [6, 6.07) is 0. The minimum atomic E-state index is 0.0996. The number of thioether (sulfide) groups is 8. The van der Waals surface area contributed by atoms with Crippen LogP contribution in [0.1, 0.15) is 19.3 Å². The maximum atomic E-state index is 11.3. The van der Waals surface area contributed by atoms with Crippen LogP contribution in [0.4, 0.5) is 0 Å². The molecule has 2 saturated heterocycles. The maximum absolute atomic E-state index is 11.3. The lowest BCUT2D eigenvalue weighted by Gasteiger charge is -2.10. The molecule has 2 aliphatic heterocycles. The highest BCUT2D eigenvalue weighted by Gasteiger charge is 2.27. The Hall–Kier alpha value is 1.62. The first-order chi connectivity index (χ1) is 15.1. The Labute approximate surface area is 222 Å². The fourth-order valence-corrected chi connectivity index (χ4v) is 14.5. The molecule has 0 aromatic rings. The minimum Gasteiger partial charge on any atom is -0.282 e. The smallest absolute Gasteiger partial charge is 0.211 e. The summed E-state index contributed by atoms with van der Waals surface area (Å²) in [6.07, 6.45) is 6.82. The Kier molecular flexibility index (Phi) is 16.7. The average molecular weight is 573 g/mol. The highest BCUT2D eigenvalue weighted by atomic mass is 32.2. The Bertz CT molecular complexity index is 526. The Morgan fingerprint density at radius 3 is 1.61 bits per heavy atom. The molecule has 4 unspecified atom stereocenters. The van der Waals surface area contributed by atoms with E-state index < -0.39 is 0 Å². The molecule has 0 aromatic heterocycles. The number of carbonyl (C=O) groups is 2. The lowest BCUT2D eigenvalue weighted by atomic mass is 10.3. The normalized spacial score (nSPS) is 25.5. The zero-order valence-corrected chi connectivity index (χ0v) is 24.3. The molecule has 0 spiro atoms. The van der Waals surface area contributed by atoms with Gasteiger partial charge in [-0.1, -0.05) is 43.1 Å². The molecule has 0 saturated carbocycles. The third-order valence-electron chi connectivity index (χ3n) is 4.37. The second-order valence-corrected chi connectivity index (χ2v) is 17.4. The molecule has 2 heterocycles. The average Bonchev–Trinajstić information content (AvgIpc) is 3.43. The molecule has 31 heavy (non-hydrogen) atoms. The van der Waals surface area contributed by atoms with Gasteiger partial charge in [0.15, 0.2) is 0 Å². The highest BCUT2D eigenvalue weighted by molar-refractivity contribution is 8.23. The summed E-state index contributed by atoms with van der Waals surface area (Å²) in [6.45, 7) is 7.07. The van der Waals surface area contributed by atoms with Crippen LogP contribution in [-0.4, -0.2) is 75.9 Å². The first-order valence-electron chi connectivity index (χ1n) is 10.4. The summed E-state index contributed by atoms with van der Waals surface area (Å²) in [7, 11) is 0. The third kappa shape index (κ3) is 13.3. The van der Waals surface area contributed by atoms with Crippen LogP contribution in [0.2, 0.25) is 0 Å². The van der Waals surface area contributed by atoms with Gasteiger partial charge in [0.25, 0.3) is 0 Å². The molecule has 0 aliphatic carbocycles. The van der Waals surface area contributed by atoms with E-state index in [-0.39, 0.29) is 10.2 Å². The van der Waals surface area contributed by atoms with Gasteiger partial charge < -0.3 is 0 Å². The van der Waals surface area contributed by atoms with Crippen molar-refractivity contribution in [3.8, 4) is 0 Å². The van der Waals surface area contributed by atoms with Crippen molar-refractivity contribution in [1.82, 2.24) is 0 Å². The van der Waals surface area contributed by atoms with Crippen molar-refractivity contribution in [2.24, 2.45) is 0 Å². The summed E-state index contributed by atoms with van der Waals surface area (Å²) >= 11 is 15.3. The SMILES string of the molecule is C=CC(=O)SCC1CSC(CSCCCCCSCC2SCC(CSC(=O)C=C)S2)S1. The van der Waals surface area contributed by atoms with Crippen molar-refractivity contribution in [1.29, 1.82) is 0 Å². The molecule has 0 N–H and O–H groups in total. The molecule has 2 aliphatic rings. The second kappa shape index (κ2) is 18.0. The number of hydrogen-bond acceptors (Lipinski definition) is 10. The maximum Gasteiger partial charge on any atom is 0.211 e. The third-order valence-corrected chi connectivity index (χ3v) is 16.5. The Balaban J connectivity index is 1.36. The van der Waals surface area contributed by atoms with Gasteiger partial charge in [-0.15, -0.1) is 47.0 Å². The molecule has 176 valence electrons. The highest BCUT2D eigenvalue weighted by Crippen LogP contribution is 2.42. The van der Waals surface area contributed by atoms with Crippen LogP contribution in [0.15, 0.2) is 25.3 Å². The first kappa shape index (κ1) is 28.9. The molecule has 10 heteroatoms. The van der Waals surface area contributed by atoms with Crippen LogP contribution in [0.25, 0.3) is 0 Å². The summed E-state index contributed by atoms with van der Waals surface area (Å²) in [5, 5.41) is 1.42. The summed E-state index contributed by atoms with van der Waals surface area (Å²) in [5.74, 6) is 9.20.